The lowest BCUT2D eigenvalue weighted by molar-refractivity contribution is -0.502. The lowest BCUT2D eigenvalue weighted by atomic mass is 9.70. The molecular weight excluding hydrogens is 733 g/mol. The molecule has 4 nitrogen and oxygen atoms in total. The molecule has 314 valence electrons. The molecule has 4 saturated carbocycles. The van der Waals surface area contributed by atoms with Gasteiger partial charge in [0.05, 0.1) is 0 Å². The van der Waals surface area contributed by atoms with Gasteiger partial charge in [0.15, 0.2) is 11.8 Å². The van der Waals surface area contributed by atoms with E-state index in [1.807, 2.05) is 24.3 Å². The first-order valence-electron chi connectivity index (χ1n) is 24.0. The maximum absolute atomic E-state index is 14.0. The van der Waals surface area contributed by atoms with E-state index in [0.717, 1.165) is 34.4 Å². The van der Waals surface area contributed by atoms with Crippen molar-refractivity contribution in [2.75, 3.05) is 4.90 Å². The van der Waals surface area contributed by atoms with Crippen LogP contribution in [0, 0.1) is 51.4 Å². The number of carbonyl (C=O) groups is 1. The monoisotopic (exact) mass is 801 g/mol. The second-order valence-electron chi connectivity index (χ2n) is 19.6. The number of nitrogens with zero attached hydrogens (tertiary/aromatic N) is 2. The average molecular weight is 801 g/mol. The number of anilines is 2. The summed E-state index contributed by atoms with van der Waals surface area (Å²) in [5.41, 5.74) is 12.2. The summed E-state index contributed by atoms with van der Waals surface area (Å²) in [5.74, 6) is 2.68. The molecule has 0 spiro atoms. The van der Waals surface area contributed by atoms with Crippen LogP contribution in [0.3, 0.4) is 0 Å². The van der Waals surface area contributed by atoms with Gasteiger partial charge in [-0.25, -0.2) is 0 Å². The zero-order chi connectivity index (χ0) is 41.3. The first-order chi connectivity index (χ1) is 29.3. The second-order valence-corrected chi connectivity index (χ2v) is 19.6. The van der Waals surface area contributed by atoms with Crippen LogP contribution in [0.15, 0.2) is 102 Å². The van der Waals surface area contributed by atoms with Crippen molar-refractivity contribution in [2.24, 2.45) is 23.7 Å². The summed E-state index contributed by atoms with van der Waals surface area (Å²) in [4.78, 5) is 16.7. The topological polar surface area (TPSA) is 46.4 Å². The Labute approximate surface area is 360 Å². The van der Waals surface area contributed by atoms with Gasteiger partial charge >= 0.3 is 0 Å². The molecular formula is C56H68N2O2. The SMILES string of the molecule is Cc1ccc(N(c2ccc(C3=C([O-])C(=C4C=CC(=[N+](c5ccc(C)cc5C)C5CCCCC5C5CCCCC5)C=C4)C3=O)cc2)C2CCCCC2C2CCCCC2)c(C)c1. The molecule has 3 aromatic carbocycles. The number of benzene rings is 3. The minimum atomic E-state index is -0.132. The van der Waals surface area contributed by atoms with Crippen molar-refractivity contribution < 1.29 is 14.5 Å². The summed E-state index contributed by atoms with van der Waals surface area (Å²) < 4.78 is 2.64. The third kappa shape index (κ3) is 8.05. The predicted octanol–water partition coefficient (Wildman–Crippen LogP) is 13.2. The Bertz CT molecular complexity index is 2220. The Morgan fingerprint density at radius 1 is 0.567 bits per heavy atom. The van der Waals surface area contributed by atoms with E-state index in [4.69, 9.17) is 0 Å². The quantitative estimate of drug-likeness (QED) is 0.168. The van der Waals surface area contributed by atoms with Crippen molar-refractivity contribution in [3.05, 3.63) is 130 Å². The largest absolute Gasteiger partial charge is 0.871 e. The molecule has 4 atom stereocenters. The zero-order valence-corrected chi connectivity index (χ0v) is 37.0. The Morgan fingerprint density at radius 3 is 1.77 bits per heavy atom. The fourth-order valence-electron chi connectivity index (χ4n) is 12.8. The summed E-state index contributed by atoms with van der Waals surface area (Å²) in [6, 6.07) is 23.1. The standard InChI is InChI=1S/C56H68N2O2/c1-37-23-33-49(39(3)35-37)57(51-21-13-11-19-47(51)41-15-7-5-8-16-41)45-29-25-43(26-30-45)53-55(59)54(56(53)60)44-27-31-46(32-28-44)58(50-34-24-38(2)36-40(50)4)52-22-14-12-20-48(52)42-17-9-6-10-18-42/h23-36,41-42,47-48,51-52H,5-22H2,1-4H3. The van der Waals surface area contributed by atoms with E-state index >= 15 is 0 Å². The Kier molecular flexibility index (Phi) is 12.2. The molecule has 0 N–H and O–H groups in total. The summed E-state index contributed by atoms with van der Waals surface area (Å²) >= 11 is 0. The van der Waals surface area contributed by atoms with Crippen LogP contribution in [0.4, 0.5) is 17.1 Å². The summed E-state index contributed by atoms with van der Waals surface area (Å²) in [6.45, 7) is 8.85. The summed E-state index contributed by atoms with van der Waals surface area (Å²) in [5, 5.41) is 14.0. The Hall–Kier alpha value is -4.44. The number of rotatable bonds is 8. The molecule has 4 heteroatoms. The smallest absolute Gasteiger partial charge is 0.208 e. The van der Waals surface area contributed by atoms with Crippen LogP contribution in [0.5, 0.6) is 0 Å². The molecule has 0 aromatic heterocycles. The van der Waals surface area contributed by atoms with Gasteiger partial charge in [0.1, 0.15) is 0 Å². The van der Waals surface area contributed by atoms with Gasteiger partial charge in [-0.05, 0) is 137 Å². The molecule has 3 aromatic rings. The number of carbonyl (C=O) groups excluding carboxylic acids is 1. The molecule has 9 rings (SSSR count). The van der Waals surface area contributed by atoms with Crippen molar-refractivity contribution in [2.45, 2.75) is 155 Å². The zero-order valence-electron chi connectivity index (χ0n) is 37.0. The number of allylic oxidation sites excluding steroid dienone is 7. The van der Waals surface area contributed by atoms with E-state index < -0.39 is 0 Å². The van der Waals surface area contributed by atoms with Crippen LogP contribution in [0.1, 0.15) is 143 Å². The summed E-state index contributed by atoms with van der Waals surface area (Å²) in [6.07, 6.45) is 32.3. The molecule has 0 radical (unpaired) electrons. The van der Waals surface area contributed by atoms with Gasteiger partial charge in [0.25, 0.3) is 0 Å². The molecule has 0 bridgehead atoms. The van der Waals surface area contributed by atoms with Crippen molar-refractivity contribution in [1.29, 1.82) is 0 Å². The fourth-order valence-corrected chi connectivity index (χ4v) is 12.8. The minimum Gasteiger partial charge on any atom is -0.871 e. The predicted molar refractivity (Wildman–Crippen MR) is 247 cm³/mol. The molecule has 60 heavy (non-hydrogen) atoms. The van der Waals surface area contributed by atoms with E-state index in [1.54, 1.807) is 0 Å². The normalized spacial score (nSPS) is 25.5. The lowest BCUT2D eigenvalue weighted by Crippen LogP contribution is -2.43. The lowest BCUT2D eigenvalue weighted by Gasteiger charge is -2.46. The molecule has 0 amide bonds. The number of ketones is 1. The van der Waals surface area contributed by atoms with Crippen LogP contribution >= 0.6 is 0 Å². The maximum atomic E-state index is 14.0. The first kappa shape index (κ1) is 40.9. The number of aryl methyl sites for hydroxylation is 4. The van der Waals surface area contributed by atoms with Crippen molar-refractivity contribution in [3.8, 4) is 0 Å². The van der Waals surface area contributed by atoms with Gasteiger partial charge in [-0.15, -0.1) is 0 Å². The van der Waals surface area contributed by atoms with E-state index in [2.05, 4.69) is 97.9 Å². The van der Waals surface area contributed by atoms with E-state index in [1.165, 1.54) is 149 Å². The molecule has 0 aliphatic heterocycles. The van der Waals surface area contributed by atoms with Gasteiger partial charge in [0.2, 0.25) is 11.4 Å². The first-order valence-corrected chi connectivity index (χ1v) is 24.0. The molecule has 4 unspecified atom stereocenters. The highest BCUT2D eigenvalue weighted by Gasteiger charge is 2.42. The van der Waals surface area contributed by atoms with Crippen LogP contribution in [-0.4, -0.2) is 28.2 Å². The third-order valence-corrected chi connectivity index (χ3v) is 15.7. The Balaban J connectivity index is 1.02. The highest BCUT2D eigenvalue weighted by Crippen LogP contribution is 2.46. The maximum Gasteiger partial charge on any atom is 0.208 e. The van der Waals surface area contributed by atoms with Crippen LogP contribution in [0.25, 0.3) is 5.57 Å². The van der Waals surface area contributed by atoms with Crippen LogP contribution < -0.4 is 10.0 Å². The highest BCUT2D eigenvalue weighted by atomic mass is 16.3. The average Bonchev–Trinajstić information content (AvgIpc) is 3.27. The molecule has 0 saturated heterocycles. The minimum absolute atomic E-state index is 0.132. The van der Waals surface area contributed by atoms with Crippen LogP contribution in [-0.2, 0) is 4.79 Å². The van der Waals surface area contributed by atoms with E-state index in [-0.39, 0.29) is 11.5 Å². The second kappa shape index (κ2) is 17.9. The van der Waals surface area contributed by atoms with E-state index in [0.29, 0.717) is 35.1 Å². The number of Topliss-reactive ketones (excluding diaryl/α,β-unsaturated/α-hetero) is 1. The van der Waals surface area contributed by atoms with Gasteiger partial charge in [0, 0.05) is 64.7 Å². The van der Waals surface area contributed by atoms with Crippen molar-refractivity contribution in [1.82, 2.24) is 0 Å². The number of hydrogen-bond donors (Lipinski definition) is 0. The number of hydrogen-bond acceptors (Lipinski definition) is 3. The summed E-state index contributed by atoms with van der Waals surface area (Å²) in [7, 11) is 0. The molecule has 6 aliphatic carbocycles. The fraction of sp³-hybridized carbons (Fsp3) is 0.500. The van der Waals surface area contributed by atoms with E-state index in [9.17, 15) is 9.90 Å². The third-order valence-electron chi connectivity index (χ3n) is 15.7. The Morgan fingerprint density at radius 2 is 1.13 bits per heavy atom. The highest BCUT2D eigenvalue weighted by molar-refractivity contribution is 6.39. The van der Waals surface area contributed by atoms with Crippen molar-refractivity contribution >= 4 is 34.1 Å². The molecule has 6 aliphatic rings. The van der Waals surface area contributed by atoms with Crippen LogP contribution in [0.2, 0.25) is 0 Å². The van der Waals surface area contributed by atoms with Gasteiger partial charge in [-0.2, -0.15) is 4.58 Å². The van der Waals surface area contributed by atoms with Gasteiger partial charge in [-0.1, -0.05) is 118 Å². The van der Waals surface area contributed by atoms with Gasteiger partial charge < -0.3 is 10.0 Å². The molecule has 4 fully saturated rings. The van der Waals surface area contributed by atoms with Gasteiger partial charge in [-0.3, -0.25) is 4.79 Å². The molecule has 0 heterocycles. The van der Waals surface area contributed by atoms with Crippen molar-refractivity contribution in [3.63, 3.8) is 0 Å².